The van der Waals surface area contributed by atoms with Gasteiger partial charge in [-0.3, -0.25) is 4.98 Å². The summed E-state index contributed by atoms with van der Waals surface area (Å²) in [5.74, 6) is 0. The highest BCUT2D eigenvalue weighted by Crippen LogP contribution is 2.18. The van der Waals surface area contributed by atoms with Crippen LogP contribution in [0.1, 0.15) is 39.8 Å². The van der Waals surface area contributed by atoms with Gasteiger partial charge >= 0.3 is 0 Å². The standard InChI is InChI=1S/C16H21N/c1-5-9-15(12-14(4)13(3)6-2)16-10-7-8-11-17-16/h5,7-12H,6H2,1-4H3/b9-5-,14-13-,15-12+. The van der Waals surface area contributed by atoms with E-state index in [4.69, 9.17) is 0 Å². The van der Waals surface area contributed by atoms with Crippen molar-refractivity contribution in [2.75, 3.05) is 0 Å². The molecule has 1 heteroatoms. The van der Waals surface area contributed by atoms with Gasteiger partial charge in [0.15, 0.2) is 0 Å². The molecule has 0 spiro atoms. The monoisotopic (exact) mass is 227 g/mol. The van der Waals surface area contributed by atoms with E-state index in [9.17, 15) is 0 Å². The van der Waals surface area contributed by atoms with Crippen LogP contribution in [0.15, 0.2) is 53.8 Å². The van der Waals surface area contributed by atoms with Gasteiger partial charge in [0.2, 0.25) is 0 Å². The zero-order chi connectivity index (χ0) is 12.7. The number of nitrogens with zero attached hydrogens (tertiary/aromatic N) is 1. The van der Waals surface area contributed by atoms with Gasteiger partial charge in [-0.05, 0) is 45.4 Å². The molecule has 1 nitrogen and oxygen atoms in total. The van der Waals surface area contributed by atoms with E-state index in [1.807, 2.05) is 31.3 Å². The quantitative estimate of drug-likeness (QED) is 0.674. The van der Waals surface area contributed by atoms with Crippen LogP contribution in [0, 0.1) is 0 Å². The van der Waals surface area contributed by atoms with Gasteiger partial charge in [-0.25, -0.2) is 0 Å². The van der Waals surface area contributed by atoms with Crippen molar-refractivity contribution in [1.29, 1.82) is 0 Å². The lowest BCUT2D eigenvalue weighted by molar-refractivity contribution is 1.07. The van der Waals surface area contributed by atoms with E-state index in [-0.39, 0.29) is 0 Å². The minimum absolute atomic E-state index is 1.02. The molecule has 0 bridgehead atoms. The van der Waals surface area contributed by atoms with Crippen molar-refractivity contribution < 1.29 is 0 Å². The maximum atomic E-state index is 4.39. The third kappa shape index (κ3) is 4.03. The van der Waals surface area contributed by atoms with E-state index in [1.54, 1.807) is 0 Å². The SMILES string of the molecule is C\C=C/C(=C\C(C)=C(\C)CC)c1ccccn1. The first-order valence-electron chi connectivity index (χ1n) is 6.11. The Balaban J connectivity index is 3.15. The number of allylic oxidation sites excluding steroid dienone is 6. The maximum absolute atomic E-state index is 4.39. The van der Waals surface area contributed by atoms with E-state index < -0.39 is 0 Å². The molecule has 1 aromatic rings. The average Bonchev–Trinajstić information content (AvgIpc) is 2.38. The van der Waals surface area contributed by atoms with Gasteiger partial charge in [0.25, 0.3) is 0 Å². The molecule has 0 saturated heterocycles. The highest BCUT2D eigenvalue weighted by atomic mass is 14.7. The van der Waals surface area contributed by atoms with Crippen LogP contribution in [0.3, 0.4) is 0 Å². The topological polar surface area (TPSA) is 12.9 Å². The summed E-state index contributed by atoms with van der Waals surface area (Å²) < 4.78 is 0. The first kappa shape index (κ1) is 13.4. The summed E-state index contributed by atoms with van der Waals surface area (Å²) in [4.78, 5) is 4.39. The molecule has 0 aliphatic heterocycles. The van der Waals surface area contributed by atoms with Crippen LogP contribution < -0.4 is 0 Å². The van der Waals surface area contributed by atoms with E-state index >= 15 is 0 Å². The summed E-state index contributed by atoms with van der Waals surface area (Å²) in [5, 5.41) is 0. The normalized spacial score (nSPS) is 14.0. The van der Waals surface area contributed by atoms with Crippen molar-refractivity contribution in [2.45, 2.75) is 34.1 Å². The van der Waals surface area contributed by atoms with Crippen LogP contribution in [0.4, 0.5) is 0 Å². The fourth-order valence-corrected chi connectivity index (χ4v) is 1.56. The molecule has 0 aliphatic carbocycles. The van der Waals surface area contributed by atoms with Gasteiger partial charge in [-0.15, -0.1) is 0 Å². The second-order valence-electron chi connectivity index (χ2n) is 4.13. The molecule has 0 unspecified atom stereocenters. The van der Waals surface area contributed by atoms with Gasteiger partial charge < -0.3 is 0 Å². The Labute approximate surface area is 105 Å². The molecule has 0 atom stereocenters. The summed E-state index contributed by atoms with van der Waals surface area (Å²) in [6.45, 7) is 8.55. The lowest BCUT2D eigenvalue weighted by atomic mass is 10.0. The summed E-state index contributed by atoms with van der Waals surface area (Å²) in [5.41, 5.74) is 4.93. The van der Waals surface area contributed by atoms with Gasteiger partial charge in [-0.2, -0.15) is 0 Å². The van der Waals surface area contributed by atoms with E-state index in [1.165, 1.54) is 16.7 Å². The molecule has 0 fully saturated rings. The van der Waals surface area contributed by atoms with Gasteiger partial charge in [0.05, 0.1) is 5.69 Å². The average molecular weight is 227 g/mol. The maximum Gasteiger partial charge on any atom is 0.0701 e. The smallest absolute Gasteiger partial charge is 0.0701 e. The molecule has 0 saturated carbocycles. The Hall–Kier alpha value is -1.63. The zero-order valence-electron chi connectivity index (χ0n) is 11.2. The molecule has 1 aromatic heterocycles. The zero-order valence-corrected chi connectivity index (χ0v) is 11.2. The first-order chi connectivity index (χ1) is 8.19. The third-order valence-corrected chi connectivity index (χ3v) is 2.88. The van der Waals surface area contributed by atoms with Crippen LogP contribution in [0.2, 0.25) is 0 Å². The fraction of sp³-hybridized carbons (Fsp3) is 0.312. The molecular formula is C16H21N. The van der Waals surface area contributed by atoms with E-state index in [0.717, 1.165) is 12.1 Å². The van der Waals surface area contributed by atoms with Crippen LogP contribution in [-0.2, 0) is 0 Å². The molecule has 0 N–H and O–H groups in total. The fourth-order valence-electron chi connectivity index (χ4n) is 1.56. The number of pyridine rings is 1. The van der Waals surface area contributed by atoms with Crippen molar-refractivity contribution in [2.24, 2.45) is 0 Å². The largest absolute Gasteiger partial charge is 0.256 e. The highest BCUT2D eigenvalue weighted by Gasteiger charge is 1.99. The van der Waals surface area contributed by atoms with Crippen molar-refractivity contribution in [3.63, 3.8) is 0 Å². The summed E-state index contributed by atoms with van der Waals surface area (Å²) in [6.07, 6.45) is 9.29. The second kappa shape index (κ2) is 6.85. The Bertz CT molecular complexity index is 436. The Kier molecular flexibility index (Phi) is 5.41. The highest BCUT2D eigenvalue weighted by molar-refractivity contribution is 5.73. The third-order valence-electron chi connectivity index (χ3n) is 2.88. The number of hydrogen-bond donors (Lipinski definition) is 0. The molecule has 0 amide bonds. The Morgan fingerprint density at radius 1 is 1.29 bits per heavy atom. The summed E-state index contributed by atoms with van der Waals surface area (Å²) in [7, 11) is 0. The summed E-state index contributed by atoms with van der Waals surface area (Å²) >= 11 is 0. The first-order valence-corrected chi connectivity index (χ1v) is 6.11. The van der Waals surface area contributed by atoms with Crippen LogP contribution >= 0.6 is 0 Å². The number of hydrogen-bond acceptors (Lipinski definition) is 1. The number of rotatable bonds is 4. The van der Waals surface area contributed by atoms with E-state index in [2.05, 4.69) is 44.0 Å². The lowest BCUT2D eigenvalue weighted by Gasteiger charge is -2.04. The molecule has 1 rings (SSSR count). The molecule has 1 heterocycles. The summed E-state index contributed by atoms with van der Waals surface area (Å²) in [6, 6.07) is 6.00. The van der Waals surface area contributed by atoms with Gasteiger partial charge in [-0.1, -0.05) is 36.3 Å². The molecular weight excluding hydrogens is 206 g/mol. The molecule has 0 radical (unpaired) electrons. The van der Waals surface area contributed by atoms with Crippen LogP contribution in [0.25, 0.3) is 5.57 Å². The van der Waals surface area contributed by atoms with Gasteiger partial charge in [0.1, 0.15) is 0 Å². The number of aromatic nitrogens is 1. The Morgan fingerprint density at radius 2 is 2.06 bits per heavy atom. The lowest BCUT2D eigenvalue weighted by Crippen LogP contribution is -1.87. The predicted molar refractivity (Wildman–Crippen MR) is 75.7 cm³/mol. The van der Waals surface area contributed by atoms with Crippen LogP contribution in [0.5, 0.6) is 0 Å². The minimum Gasteiger partial charge on any atom is -0.256 e. The molecule has 90 valence electrons. The molecule has 0 aliphatic rings. The predicted octanol–water partition coefficient (Wildman–Crippen LogP) is 4.79. The van der Waals surface area contributed by atoms with Crippen molar-refractivity contribution in [3.05, 3.63) is 59.5 Å². The van der Waals surface area contributed by atoms with Crippen molar-refractivity contribution in [3.8, 4) is 0 Å². The van der Waals surface area contributed by atoms with Crippen molar-refractivity contribution in [1.82, 2.24) is 4.98 Å². The van der Waals surface area contributed by atoms with Crippen molar-refractivity contribution >= 4 is 5.57 Å². The van der Waals surface area contributed by atoms with Gasteiger partial charge in [0, 0.05) is 11.8 Å². The minimum atomic E-state index is 1.02. The van der Waals surface area contributed by atoms with Crippen LogP contribution in [-0.4, -0.2) is 4.98 Å². The second-order valence-corrected chi connectivity index (χ2v) is 4.13. The molecule has 0 aromatic carbocycles. The molecule has 17 heavy (non-hydrogen) atoms. The Morgan fingerprint density at radius 3 is 2.59 bits per heavy atom. The van der Waals surface area contributed by atoms with E-state index in [0.29, 0.717) is 0 Å².